The summed E-state index contributed by atoms with van der Waals surface area (Å²) in [6.45, 7) is 6.54. The first-order chi connectivity index (χ1) is 2.41. The van der Waals surface area contributed by atoms with Gasteiger partial charge in [0.25, 0.3) is 0 Å². The largest absolute Gasteiger partial charge is 3.00 e. The van der Waals surface area contributed by atoms with Gasteiger partial charge < -0.3 is 18.5 Å². The molecule has 0 aliphatic heterocycles. The van der Waals surface area contributed by atoms with E-state index >= 15 is 0 Å². The Morgan fingerprint density at radius 2 is 1.50 bits per heavy atom. The van der Waals surface area contributed by atoms with E-state index in [2.05, 4.69) is 6.92 Å². The van der Waals surface area contributed by atoms with Crippen LogP contribution in [0.25, 0.3) is 0 Å². The van der Waals surface area contributed by atoms with Crippen molar-refractivity contribution in [2.45, 2.75) is 13.8 Å². The molecule has 0 rings (SSSR count). The van der Waals surface area contributed by atoms with Crippen LogP contribution in [0.3, 0.4) is 0 Å². The second kappa shape index (κ2) is 41.8. The Labute approximate surface area is 64.9 Å². The molecule has 0 amide bonds. The van der Waals surface area contributed by atoms with Crippen molar-refractivity contribution in [2.75, 3.05) is 0 Å². The Kier molecular flexibility index (Phi) is 111. The van der Waals surface area contributed by atoms with E-state index in [1.807, 2.05) is 6.21 Å². The molecule has 0 aromatic carbocycles. The summed E-state index contributed by atoms with van der Waals surface area (Å²) in [5.41, 5.74) is 0. The molecule has 1 nitrogen and oxygen atoms in total. The van der Waals surface area contributed by atoms with Crippen LogP contribution in [0.5, 0.6) is 0 Å². The van der Waals surface area contributed by atoms with Gasteiger partial charge in [-0.1, -0.05) is 0 Å². The van der Waals surface area contributed by atoms with Crippen LogP contribution in [-0.2, 0) is 32.7 Å². The molecule has 0 atom stereocenters. The molecule has 0 aromatic rings. The first-order valence-electron chi connectivity index (χ1n) is 1.46. The maximum atomic E-state index is 5.96. The monoisotopic (exact) mass is 160 g/mol. The third-order valence-electron chi connectivity index (χ3n) is 0. The standard InChI is InChI=1S/C2H4N.C2H5.Y/c1-2-3;1-2;/h3H,1H3;1H2,2H3;/q2*-1;+3. The van der Waals surface area contributed by atoms with E-state index in [4.69, 9.17) is 5.41 Å². The van der Waals surface area contributed by atoms with E-state index in [1.165, 1.54) is 0 Å². The Balaban J connectivity index is -0.0000000275. The summed E-state index contributed by atoms with van der Waals surface area (Å²) >= 11 is 0. The van der Waals surface area contributed by atoms with Gasteiger partial charge in [0.1, 0.15) is 0 Å². The third kappa shape index (κ3) is 114. The quantitative estimate of drug-likeness (QED) is 0.408. The average molecular weight is 160 g/mol. The molecule has 0 spiro atoms. The molecule has 0 bridgehead atoms. The van der Waals surface area contributed by atoms with Crippen molar-refractivity contribution in [1.82, 2.24) is 0 Å². The molecule has 0 unspecified atom stereocenters. The van der Waals surface area contributed by atoms with Crippen molar-refractivity contribution in [3.8, 4) is 0 Å². The molecule has 32 valence electrons. The van der Waals surface area contributed by atoms with Crippen LogP contribution in [0.1, 0.15) is 13.8 Å². The third-order valence-corrected chi connectivity index (χ3v) is 0. The van der Waals surface area contributed by atoms with Gasteiger partial charge in [-0.05, 0) is 0 Å². The van der Waals surface area contributed by atoms with Crippen molar-refractivity contribution >= 4 is 6.21 Å². The maximum absolute atomic E-state index is 5.96. The first-order valence-corrected chi connectivity index (χ1v) is 1.46. The Morgan fingerprint density at radius 3 is 1.50 bits per heavy atom. The van der Waals surface area contributed by atoms with Crippen molar-refractivity contribution in [3.63, 3.8) is 0 Å². The fourth-order valence-electron chi connectivity index (χ4n) is 0. The smallest absolute Gasteiger partial charge is 0.519 e. The van der Waals surface area contributed by atoms with Gasteiger partial charge in [-0.2, -0.15) is 13.8 Å². The summed E-state index contributed by atoms with van der Waals surface area (Å²) in [6, 6.07) is 0. The van der Waals surface area contributed by atoms with E-state index in [9.17, 15) is 0 Å². The van der Waals surface area contributed by atoms with Gasteiger partial charge in [-0.15, -0.1) is 0 Å². The van der Waals surface area contributed by atoms with Crippen LogP contribution in [0.2, 0.25) is 0 Å². The predicted molar refractivity (Wildman–Crippen MR) is 24.4 cm³/mol. The molecule has 6 heavy (non-hydrogen) atoms. The normalized spacial score (nSPS) is 3.17. The fourth-order valence-corrected chi connectivity index (χ4v) is 0. The van der Waals surface area contributed by atoms with Crippen LogP contribution in [0.4, 0.5) is 0 Å². The minimum absolute atomic E-state index is 0. The van der Waals surface area contributed by atoms with E-state index < -0.39 is 0 Å². The first kappa shape index (κ1) is 15.9. The second-order valence-electron chi connectivity index (χ2n) is 0.250. The molecule has 0 heterocycles. The molecular weight excluding hydrogens is 151 g/mol. The van der Waals surface area contributed by atoms with Crippen LogP contribution >= 0.6 is 0 Å². The second-order valence-corrected chi connectivity index (χ2v) is 0.250. The van der Waals surface area contributed by atoms with Gasteiger partial charge in [0.05, 0.1) is 0 Å². The van der Waals surface area contributed by atoms with E-state index in [1.54, 1.807) is 13.8 Å². The van der Waals surface area contributed by atoms with E-state index in [0.717, 1.165) is 0 Å². The molecule has 0 aliphatic rings. The van der Waals surface area contributed by atoms with Gasteiger partial charge in [0.2, 0.25) is 0 Å². The Morgan fingerprint density at radius 1 is 1.50 bits per heavy atom. The van der Waals surface area contributed by atoms with Crippen molar-refractivity contribution < 1.29 is 32.7 Å². The molecule has 0 aromatic heterocycles. The van der Waals surface area contributed by atoms with Crippen LogP contribution in [0.15, 0.2) is 0 Å². The summed E-state index contributed by atoms with van der Waals surface area (Å²) < 4.78 is 0. The molecule has 1 N–H and O–H groups in total. The number of hydrogen-bond acceptors (Lipinski definition) is 1. The zero-order valence-corrected chi connectivity index (χ0v) is 7.12. The van der Waals surface area contributed by atoms with Crippen molar-refractivity contribution in [2.24, 2.45) is 0 Å². The van der Waals surface area contributed by atoms with Crippen molar-refractivity contribution in [3.05, 3.63) is 6.92 Å². The van der Waals surface area contributed by atoms with Gasteiger partial charge in [0, 0.05) is 0 Å². The molecule has 0 radical (unpaired) electrons. The van der Waals surface area contributed by atoms with Gasteiger partial charge in [-0.3, -0.25) is 0 Å². The summed E-state index contributed by atoms with van der Waals surface area (Å²) in [6.07, 6.45) is 2.00. The average Bonchev–Trinajstić information content (AvgIpc) is 1.46. The van der Waals surface area contributed by atoms with Crippen molar-refractivity contribution in [1.29, 1.82) is 5.41 Å². The predicted octanol–water partition coefficient (Wildman–Crippen LogP) is 1.37. The molecule has 2 heteroatoms. The summed E-state index contributed by atoms with van der Waals surface area (Å²) in [5, 5.41) is 5.96. The molecule has 0 saturated heterocycles. The van der Waals surface area contributed by atoms with Gasteiger partial charge in [0.15, 0.2) is 0 Å². The maximum Gasteiger partial charge on any atom is 3.00 e. The number of hydrogen-bond donors (Lipinski definition) is 1. The minimum Gasteiger partial charge on any atom is -0.519 e. The van der Waals surface area contributed by atoms with E-state index in [-0.39, 0.29) is 32.7 Å². The zero-order chi connectivity index (χ0) is 4.71. The fraction of sp³-hybridized carbons (Fsp3) is 0.500. The van der Waals surface area contributed by atoms with Gasteiger partial charge in [-0.25, -0.2) is 0 Å². The van der Waals surface area contributed by atoms with Crippen LogP contribution in [-0.4, -0.2) is 6.21 Å². The molecule has 0 fully saturated rings. The SMILES string of the molecule is C[C-]=N.[CH2-]C.[Y+3]. The number of rotatable bonds is 0. The molecular formula is C4H9NY+. The number of nitrogens with one attached hydrogen (secondary N) is 1. The Hall–Kier alpha value is 0.774. The van der Waals surface area contributed by atoms with Crippen LogP contribution < -0.4 is 0 Å². The topological polar surface area (TPSA) is 23.9 Å². The summed E-state index contributed by atoms with van der Waals surface area (Å²) in [4.78, 5) is 0. The summed E-state index contributed by atoms with van der Waals surface area (Å²) in [7, 11) is 0. The Bertz CT molecular complexity index is 15.0. The zero-order valence-electron chi connectivity index (χ0n) is 4.28. The molecule has 0 saturated carbocycles. The van der Waals surface area contributed by atoms with E-state index in [0.29, 0.717) is 0 Å². The molecule has 0 aliphatic carbocycles. The minimum atomic E-state index is 0. The summed E-state index contributed by atoms with van der Waals surface area (Å²) in [5.74, 6) is 0. The van der Waals surface area contributed by atoms with Crippen LogP contribution in [0, 0.1) is 12.3 Å². The van der Waals surface area contributed by atoms with Gasteiger partial charge >= 0.3 is 32.7 Å².